The number of methoxy groups -OCH3 is 1. The summed E-state index contributed by atoms with van der Waals surface area (Å²) in [7, 11) is 1.37. The first kappa shape index (κ1) is 22.8. The summed E-state index contributed by atoms with van der Waals surface area (Å²) in [5.74, 6) is -4.67. The molecular formula is C21H28O8. The normalized spacial score (nSPS) is 23.5. The van der Waals surface area contributed by atoms with E-state index in [1.807, 2.05) is 0 Å². The molecule has 8 heteroatoms. The molecule has 0 aliphatic carbocycles. The zero-order valence-electron chi connectivity index (χ0n) is 16.7. The maximum absolute atomic E-state index is 12.2. The summed E-state index contributed by atoms with van der Waals surface area (Å²) in [5, 5.41) is 0. The molecule has 0 aromatic heterocycles. The molecule has 2 heterocycles. The molecule has 0 bridgehead atoms. The van der Waals surface area contributed by atoms with E-state index >= 15 is 0 Å². The van der Waals surface area contributed by atoms with E-state index in [-0.39, 0.29) is 24.7 Å². The van der Waals surface area contributed by atoms with Crippen LogP contribution in [-0.4, -0.2) is 37.0 Å². The van der Waals surface area contributed by atoms with E-state index in [9.17, 15) is 24.0 Å². The minimum Gasteiger partial charge on any atom is -0.469 e. The van der Waals surface area contributed by atoms with E-state index < -0.39 is 41.6 Å². The monoisotopic (exact) mass is 408 g/mol. The number of hydrogen-bond acceptors (Lipinski definition) is 8. The summed E-state index contributed by atoms with van der Waals surface area (Å²) < 4.78 is 14.0. The van der Waals surface area contributed by atoms with Crippen molar-refractivity contribution >= 4 is 29.8 Å². The highest BCUT2D eigenvalue weighted by Crippen LogP contribution is 2.40. The maximum atomic E-state index is 12.2. The van der Waals surface area contributed by atoms with Gasteiger partial charge < -0.3 is 14.2 Å². The topological polar surface area (TPSA) is 113 Å². The molecule has 4 unspecified atom stereocenters. The van der Waals surface area contributed by atoms with Gasteiger partial charge in [0.25, 0.3) is 0 Å². The summed E-state index contributed by atoms with van der Waals surface area (Å²) in [6.45, 7) is 3.79. The Balaban J connectivity index is 1.95. The third-order valence-electron chi connectivity index (χ3n) is 5.70. The quantitative estimate of drug-likeness (QED) is 0.159. The van der Waals surface area contributed by atoms with Crippen molar-refractivity contribution in [3.8, 4) is 0 Å². The fraction of sp³-hybridized carbons (Fsp3) is 0.667. The van der Waals surface area contributed by atoms with Crippen LogP contribution >= 0.6 is 0 Å². The highest BCUT2D eigenvalue weighted by molar-refractivity contribution is 5.96. The van der Waals surface area contributed by atoms with E-state index in [1.165, 1.54) is 7.11 Å². The summed E-state index contributed by atoms with van der Waals surface area (Å²) in [5.41, 5.74) is 0. The fourth-order valence-corrected chi connectivity index (χ4v) is 4.19. The number of carbonyl (C=O) groups is 5. The number of unbranched alkanes of at least 4 members (excludes halogenated alkanes) is 4. The van der Waals surface area contributed by atoms with Crippen LogP contribution in [0.2, 0.25) is 0 Å². The zero-order chi connectivity index (χ0) is 21.4. The molecule has 0 aromatic rings. The Morgan fingerprint density at radius 1 is 1.00 bits per heavy atom. The third-order valence-corrected chi connectivity index (χ3v) is 5.70. The number of ether oxygens (including phenoxy) is 3. The van der Waals surface area contributed by atoms with Crippen molar-refractivity contribution in [3.63, 3.8) is 0 Å². The molecule has 0 spiro atoms. The lowest BCUT2D eigenvalue weighted by Crippen LogP contribution is -2.32. The molecular weight excluding hydrogens is 380 g/mol. The molecule has 2 aliphatic rings. The van der Waals surface area contributed by atoms with Gasteiger partial charge in [-0.05, 0) is 24.7 Å². The largest absolute Gasteiger partial charge is 0.469 e. The zero-order valence-corrected chi connectivity index (χ0v) is 16.7. The molecule has 2 saturated heterocycles. The predicted molar refractivity (Wildman–Crippen MR) is 99.9 cm³/mol. The molecule has 0 N–H and O–H groups in total. The van der Waals surface area contributed by atoms with Crippen molar-refractivity contribution < 1.29 is 38.2 Å². The fourth-order valence-electron chi connectivity index (χ4n) is 4.19. The lowest BCUT2D eigenvalue weighted by atomic mass is 9.71. The summed E-state index contributed by atoms with van der Waals surface area (Å²) >= 11 is 0. The maximum Gasteiger partial charge on any atom is 0.317 e. The summed E-state index contributed by atoms with van der Waals surface area (Å²) in [4.78, 5) is 58.5. The highest BCUT2D eigenvalue weighted by Gasteiger charge is 2.47. The van der Waals surface area contributed by atoms with Crippen molar-refractivity contribution in [3.05, 3.63) is 12.7 Å². The molecule has 0 radical (unpaired) electrons. The van der Waals surface area contributed by atoms with Crippen molar-refractivity contribution in [2.75, 3.05) is 7.11 Å². The molecule has 8 nitrogen and oxygen atoms in total. The van der Waals surface area contributed by atoms with Crippen LogP contribution in [0.4, 0.5) is 0 Å². The lowest BCUT2D eigenvalue weighted by Gasteiger charge is -2.29. The second-order valence-electron chi connectivity index (χ2n) is 7.57. The van der Waals surface area contributed by atoms with Crippen LogP contribution in [0.15, 0.2) is 12.7 Å². The van der Waals surface area contributed by atoms with Gasteiger partial charge in [-0.15, -0.1) is 6.58 Å². The van der Waals surface area contributed by atoms with Crippen LogP contribution in [0.5, 0.6) is 0 Å². The van der Waals surface area contributed by atoms with E-state index in [4.69, 9.17) is 4.74 Å². The summed E-state index contributed by atoms with van der Waals surface area (Å²) in [6.07, 6.45) is 6.72. The van der Waals surface area contributed by atoms with E-state index in [1.54, 1.807) is 6.08 Å². The molecule has 0 saturated carbocycles. The van der Waals surface area contributed by atoms with Gasteiger partial charge in [-0.3, -0.25) is 24.0 Å². The molecule has 4 atom stereocenters. The number of carbonyl (C=O) groups excluding carboxylic acids is 5. The van der Waals surface area contributed by atoms with Crippen molar-refractivity contribution in [2.45, 2.75) is 57.8 Å². The molecule has 0 amide bonds. The van der Waals surface area contributed by atoms with Crippen molar-refractivity contribution in [1.82, 2.24) is 0 Å². The van der Waals surface area contributed by atoms with Gasteiger partial charge in [-0.2, -0.15) is 0 Å². The lowest BCUT2D eigenvalue weighted by molar-refractivity contribution is -0.156. The Bertz CT molecular complexity index is 668. The standard InChI is InChI=1S/C21H28O8/c1-3-13(15-11-18(23)28-20(15)25)14(16-12-19(24)29-21(16)26)9-7-5-4-6-8-10-17(22)27-2/h3,13-16H,1,4-12H2,2H3. The van der Waals surface area contributed by atoms with Crippen LogP contribution in [-0.2, 0) is 38.2 Å². The number of hydrogen-bond donors (Lipinski definition) is 0. The van der Waals surface area contributed by atoms with Gasteiger partial charge in [0.05, 0.1) is 31.8 Å². The predicted octanol–water partition coefficient (Wildman–Crippen LogP) is 2.49. The highest BCUT2D eigenvalue weighted by atomic mass is 16.6. The van der Waals surface area contributed by atoms with E-state index in [2.05, 4.69) is 16.1 Å². The minimum absolute atomic E-state index is 0.0251. The van der Waals surface area contributed by atoms with Gasteiger partial charge >= 0.3 is 29.8 Å². The first-order chi connectivity index (χ1) is 13.9. The molecule has 2 aliphatic heterocycles. The van der Waals surface area contributed by atoms with Gasteiger partial charge in [0.2, 0.25) is 0 Å². The van der Waals surface area contributed by atoms with Crippen molar-refractivity contribution in [2.24, 2.45) is 23.7 Å². The van der Waals surface area contributed by atoms with Crippen molar-refractivity contribution in [1.29, 1.82) is 0 Å². The number of esters is 5. The molecule has 160 valence electrons. The van der Waals surface area contributed by atoms with Gasteiger partial charge in [0, 0.05) is 6.42 Å². The molecule has 29 heavy (non-hydrogen) atoms. The SMILES string of the molecule is C=CC(C1CC(=O)OC1=O)C(CCCCCCCC(=O)OC)C1CC(=O)OC1=O. The molecule has 2 rings (SSSR count). The van der Waals surface area contributed by atoms with E-state index in [0.717, 1.165) is 32.1 Å². The average molecular weight is 408 g/mol. The minimum atomic E-state index is -0.687. The molecule has 0 aromatic carbocycles. The Morgan fingerprint density at radius 2 is 1.55 bits per heavy atom. The van der Waals surface area contributed by atoms with Gasteiger partial charge in [-0.1, -0.05) is 31.8 Å². The van der Waals surface area contributed by atoms with Crippen LogP contribution in [0.3, 0.4) is 0 Å². The number of rotatable bonds is 12. The molecule has 2 fully saturated rings. The third kappa shape index (κ3) is 6.24. The first-order valence-electron chi connectivity index (χ1n) is 10.1. The van der Waals surface area contributed by atoms with Gasteiger partial charge in [0.1, 0.15) is 0 Å². The first-order valence-corrected chi connectivity index (χ1v) is 10.1. The second kappa shape index (κ2) is 10.9. The summed E-state index contributed by atoms with van der Waals surface area (Å²) in [6, 6.07) is 0. The van der Waals surface area contributed by atoms with Crippen LogP contribution in [0, 0.1) is 23.7 Å². The Morgan fingerprint density at radius 3 is 2.07 bits per heavy atom. The number of cyclic esters (lactones) is 4. The van der Waals surface area contributed by atoms with Crippen LogP contribution in [0.1, 0.15) is 57.8 Å². The Hall–Kier alpha value is -2.51. The Labute approximate surface area is 169 Å². The van der Waals surface area contributed by atoms with E-state index in [0.29, 0.717) is 12.8 Å². The number of allylic oxidation sites excluding steroid dienone is 1. The van der Waals surface area contributed by atoms with Gasteiger partial charge in [-0.25, -0.2) is 0 Å². The van der Waals surface area contributed by atoms with Gasteiger partial charge in [0.15, 0.2) is 0 Å². The van der Waals surface area contributed by atoms with Crippen LogP contribution in [0.25, 0.3) is 0 Å². The second-order valence-corrected chi connectivity index (χ2v) is 7.57. The smallest absolute Gasteiger partial charge is 0.317 e. The van der Waals surface area contributed by atoms with Crippen LogP contribution < -0.4 is 0 Å². The Kier molecular flexibility index (Phi) is 8.54. The average Bonchev–Trinajstić information content (AvgIpc) is 3.19.